The summed E-state index contributed by atoms with van der Waals surface area (Å²) >= 11 is 3.32. The van der Waals surface area contributed by atoms with Crippen LogP contribution in [0, 0.1) is 0 Å². The number of hydrogen-bond acceptors (Lipinski definition) is 4. The van der Waals surface area contributed by atoms with Crippen molar-refractivity contribution in [1.29, 1.82) is 0 Å². The summed E-state index contributed by atoms with van der Waals surface area (Å²) in [4.78, 5) is 8.13. The summed E-state index contributed by atoms with van der Waals surface area (Å²) in [7, 11) is 0. The summed E-state index contributed by atoms with van der Waals surface area (Å²) in [6.07, 6.45) is 5.16. The number of anilines is 1. The molecule has 5 heteroatoms. The van der Waals surface area contributed by atoms with Crippen molar-refractivity contribution < 1.29 is 4.42 Å². The van der Waals surface area contributed by atoms with Gasteiger partial charge in [-0.2, -0.15) is 0 Å². The molecule has 0 amide bonds. The van der Waals surface area contributed by atoms with Crippen LogP contribution in [0.3, 0.4) is 0 Å². The Kier molecular flexibility index (Phi) is 4.14. The fourth-order valence-corrected chi connectivity index (χ4v) is 1.86. The molecule has 0 aliphatic heterocycles. The summed E-state index contributed by atoms with van der Waals surface area (Å²) < 4.78 is 6.08. The molecule has 1 N–H and O–H groups in total. The summed E-state index contributed by atoms with van der Waals surface area (Å²) in [6.45, 7) is 2.12. The van der Waals surface area contributed by atoms with Gasteiger partial charge in [-0.1, -0.05) is 0 Å². The minimum absolute atomic E-state index is 0.335. The van der Waals surface area contributed by atoms with Gasteiger partial charge in [0.1, 0.15) is 22.5 Å². The van der Waals surface area contributed by atoms with E-state index in [1.807, 2.05) is 18.2 Å². The quantitative estimate of drug-likeness (QED) is 0.860. The molecule has 0 bridgehead atoms. The first-order chi connectivity index (χ1) is 8.24. The fraction of sp³-hybridized carbons (Fsp3) is 0.333. The molecule has 0 aromatic carbocycles. The number of nitrogens with zero attached hydrogens (tertiary/aromatic N) is 2. The Balaban J connectivity index is 1.83. The third kappa shape index (κ3) is 3.85. The molecular weight excluding hydrogens is 282 g/mol. The SMILES string of the molecule is CC(CCc1ccco1)Nc1cc(Br)ncn1. The maximum absolute atomic E-state index is 5.29. The molecule has 0 aliphatic rings. The highest BCUT2D eigenvalue weighted by molar-refractivity contribution is 9.10. The molecule has 17 heavy (non-hydrogen) atoms. The Morgan fingerprint density at radius 2 is 2.35 bits per heavy atom. The van der Waals surface area contributed by atoms with Gasteiger partial charge < -0.3 is 9.73 Å². The minimum Gasteiger partial charge on any atom is -0.469 e. The van der Waals surface area contributed by atoms with Crippen molar-refractivity contribution >= 4 is 21.7 Å². The molecule has 2 aromatic rings. The van der Waals surface area contributed by atoms with Crippen molar-refractivity contribution in [3.05, 3.63) is 41.2 Å². The molecule has 0 aliphatic carbocycles. The number of aryl methyl sites for hydroxylation is 1. The lowest BCUT2D eigenvalue weighted by Gasteiger charge is -2.13. The van der Waals surface area contributed by atoms with E-state index in [9.17, 15) is 0 Å². The average molecular weight is 296 g/mol. The van der Waals surface area contributed by atoms with Crippen LogP contribution < -0.4 is 5.32 Å². The highest BCUT2D eigenvalue weighted by Gasteiger charge is 2.05. The third-order valence-corrected chi connectivity index (χ3v) is 2.87. The Bertz CT molecular complexity index is 459. The second kappa shape index (κ2) is 5.82. The van der Waals surface area contributed by atoms with Gasteiger partial charge in [0.05, 0.1) is 6.26 Å². The van der Waals surface area contributed by atoms with Gasteiger partial charge in [-0.25, -0.2) is 9.97 Å². The van der Waals surface area contributed by atoms with Crippen molar-refractivity contribution in [2.75, 3.05) is 5.32 Å². The summed E-state index contributed by atoms with van der Waals surface area (Å²) in [6, 6.07) is 6.11. The van der Waals surface area contributed by atoms with Gasteiger partial charge in [-0.05, 0) is 41.4 Å². The molecule has 2 heterocycles. The van der Waals surface area contributed by atoms with E-state index in [0.29, 0.717) is 6.04 Å². The Labute approximate surface area is 109 Å². The predicted molar refractivity (Wildman–Crippen MR) is 69.8 cm³/mol. The lowest BCUT2D eigenvalue weighted by Crippen LogP contribution is -2.16. The van der Waals surface area contributed by atoms with Gasteiger partial charge in [0, 0.05) is 18.5 Å². The van der Waals surface area contributed by atoms with E-state index in [1.165, 1.54) is 6.33 Å². The normalized spacial score (nSPS) is 12.4. The first-order valence-corrected chi connectivity index (χ1v) is 6.30. The zero-order valence-electron chi connectivity index (χ0n) is 9.56. The predicted octanol–water partition coefficient (Wildman–Crippen LogP) is 3.27. The van der Waals surface area contributed by atoms with Crippen LogP contribution in [0.2, 0.25) is 0 Å². The number of furan rings is 1. The molecule has 0 fully saturated rings. The maximum Gasteiger partial charge on any atom is 0.130 e. The van der Waals surface area contributed by atoms with E-state index in [1.54, 1.807) is 6.26 Å². The molecular formula is C12H14BrN3O. The molecule has 4 nitrogen and oxygen atoms in total. The van der Waals surface area contributed by atoms with Gasteiger partial charge in [-0.3, -0.25) is 0 Å². The monoisotopic (exact) mass is 295 g/mol. The highest BCUT2D eigenvalue weighted by Crippen LogP contribution is 2.13. The first-order valence-electron chi connectivity index (χ1n) is 5.50. The van der Waals surface area contributed by atoms with Crippen LogP contribution in [0.5, 0.6) is 0 Å². The average Bonchev–Trinajstić information content (AvgIpc) is 2.79. The van der Waals surface area contributed by atoms with Crippen LogP contribution in [-0.4, -0.2) is 16.0 Å². The van der Waals surface area contributed by atoms with E-state index < -0.39 is 0 Å². The van der Waals surface area contributed by atoms with Crippen molar-refractivity contribution in [3.63, 3.8) is 0 Å². The summed E-state index contributed by atoms with van der Waals surface area (Å²) in [5.74, 6) is 1.85. The lowest BCUT2D eigenvalue weighted by molar-refractivity contribution is 0.495. The van der Waals surface area contributed by atoms with Gasteiger partial charge in [0.15, 0.2) is 0 Å². The van der Waals surface area contributed by atoms with Crippen LogP contribution >= 0.6 is 15.9 Å². The molecule has 1 unspecified atom stereocenters. The van der Waals surface area contributed by atoms with E-state index in [-0.39, 0.29) is 0 Å². The van der Waals surface area contributed by atoms with Crippen LogP contribution in [0.4, 0.5) is 5.82 Å². The lowest BCUT2D eigenvalue weighted by atomic mass is 10.1. The minimum atomic E-state index is 0.335. The number of rotatable bonds is 5. The molecule has 0 saturated carbocycles. The standard InChI is InChI=1S/C12H14BrN3O/c1-9(4-5-10-3-2-6-17-10)16-12-7-11(13)14-8-15-12/h2-3,6-9H,4-5H2,1H3,(H,14,15,16). The van der Waals surface area contributed by atoms with Gasteiger partial charge in [0.2, 0.25) is 0 Å². The molecule has 0 spiro atoms. The Morgan fingerprint density at radius 1 is 1.47 bits per heavy atom. The largest absolute Gasteiger partial charge is 0.469 e. The Morgan fingerprint density at radius 3 is 3.06 bits per heavy atom. The summed E-state index contributed by atoms with van der Waals surface area (Å²) in [5, 5.41) is 3.32. The molecule has 2 rings (SSSR count). The number of aromatic nitrogens is 2. The molecule has 0 radical (unpaired) electrons. The van der Waals surface area contributed by atoms with Crippen LogP contribution in [-0.2, 0) is 6.42 Å². The zero-order valence-corrected chi connectivity index (χ0v) is 11.1. The number of nitrogens with one attached hydrogen (secondary N) is 1. The van der Waals surface area contributed by atoms with Gasteiger partial charge >= 0.3 is 0 Å². The van der Waals surface area contributed by atoms with Crippen molar-refractivity contribution in [2.24, 2.45) is 0 Å². The Hall–Kier alpha value is -1.36. The van der Waals surface area contributed by atoms with Crippen LogP contribution in [0.15, 0.2) is 39.8 Å². The second-order valence-electron chi connectivity index (χ2n) is 3.89. The van der Waals surface area contributed by atoms with Crippen molar-refractivity contribution in [2.45, 2.75) is 25.8 Å². The summed E-state index contributed by atoms with van der Waals surface area (Å²) in [5.41, 5.74) is 0. The van der Waals surface area contributed by atoms with Crippen LogP contribution in [0.1, 0.15) is 19.1 Å². The topological polar surface area (TPSA) is 51.0 Å². The van der Waals surface area contributed by atoms with E-state index >= 15 is 0 Å². The third-order valence-electron chi connectivity index (χ3n) is 2.43. The molecule has 1 atom stereocenters. The van der Waals surface area contributed by atoms with Crippen molar-refractivity contribution in [1.82, 2.24) is 9.97 Å². The van der Waals surface area contributed by atoms with E-state index in [4.69, 9.17) is 4.42 Å². The van der Waals surface area contributed by atoms with E-state index in [0.717, 1.165) is 29.0 Å². The maximum atomic E-state index is 5.29. The molecule has 0 saturated heterocycles. The van der Waals surface area contributed by atoms with E-state index in [2.05, 4.69) is 38.1 Å². The van der Waals surface area contributed by atoms with Crippen molar-refractivity contribution in [3.8, 4) is 0 Å². The van der Waals surface area contributed by atoms with Crippen LogP contribution in [0.25, 0.3) is 0 Å². The first kappa shape index (κ1) is 12.1. The smallest absolute Gasteiger partial charge is 0.130 e. The zero-order chi connectivity index (χ0) is 12.1. The molecule has 2 aromatic heterocycles. The molecule has 90 valence electrons. The number of hydrogen-bond donors (Lipinski definition) is 1. The van der Waals surface area contributed by atoms with Gasteiger partial charge in [0.25, 0.3) is 0 Å². The number of halogens is 1. The fourth-order valence-electron chi connectivity index (χ4n) is 1.55. The van der Waals surface area contributed by atoms with Gasteiger partial charge in [-0.15, -0.1) is 0 Å². The second-order valence-corrected chi connectivity index (χ2v) is 4.70. The highest BCUT2D eigenvalue weighted by atomic mass is 79.9.